The smallest absolute Gasteiger partial charge is 0.335 e. The summed E-state index contributed by atoms with van der Waals surface area (Å²) in [4.78, 5) is 0. The van der Waals surface area contributed by atoms with E-state index in [-0.39, 0.29) is 29.8 Å². The van der Waals surface area contributed by atoms with Crippen molar-refractivity contribution in [3.8, 4) is 0 Å². The molecule has 0 amide bonds. The Morgan fingerprint density at radius 3 is 2.50 bits per heavy atom. The van der Waals surface area contributed by atoms with Gasteiger partial charge in [0.1, 0.15) is 5.82 Å². The number of sulfone groups is 1. The standard InChI is InChI=1S/C13H16FN3O3S.ClH/c1-8(2)11(15)12-16-17-13(20-12)21(18,19)7-9-5-3-4-6-10(9)14;/h3-6,8,11H,7,15H2,1-2H3;1H. The van der Waals surface area contributed by atoms with E-state index in [1.165, 1.54) is 18.2 Å². The Morgan fingerprint density at radius 1 is 1.27 bits per heavy atom. The van der Waals surface area contributed by atoms with E-state index in [1.807, 2.05) is 13.8 Å². The van der Waals surface area contributed by atoms with Crippen molar-refractivity contribution in [2.75, 3.05) is 0 Å². The molecule has 1 atom stereocenters. The number of benzene rings is 1. The summed E-state index contributed by atoms with van der Waals surface area (Å²) in [7, 11) is -3.91. The van der Waals surface area contributed by atoms with Crippen LogP contribution in [0.1, 0.15) is 31.3 Å². The van der Waals surface area contributed by atoms with E-state index in [1.54, 1.807) is 6.07 Å². The molecule has 1 unspecified atom stereocenters. The highest BCUT2D eigenvalue weighted by Crippen LogP contribution is 2.22. The molecule has 0 aliphatic rings. The third kappa shape index (κ3) is 4.02. The largest absolute Gasteiger partial charge is 0.411 e. The quantitative estimate of drug-likeness (QED) is 0.888. The Bertz CT molecular complexity index is 734. The van der Waals surface area contributed by atoms with Crippen molar-refractivity contribution < 1.29 is 17.2 Å². The number of hydrogen-bond acceptors (Lipinski definition) is 6. The zero-order valence-corrected chi connectivity index (χ0v) is 13.7. The van der Waals surface area contributed by atoms with Gasteiger partial charge in [-0.15, -0.1) is 17.5 Å². The van der Waals surface area contributed by atoms with Gasteiger partial charge in [0.05, 0.1) is 11.8 Å². The summed E-state index contributed by atoms with van der Waals surface area (Å²) >= 11 is 0. The van der Waals surface area contributed by atoms with E-state index in [4.69, 9.17) is 10.2 Å². The van der Waals surface area contributed by atoms with E-state index in [0.29, 0.717) is 0 Å². The Morgan fingerprint density at radius 2 is 1.91 bits per heavy atom. The summed E-state index contributed by atoms with van der Waals surface area (Å²) in [6, 6.07) is 5.08. The molecule has 0 radical (unpaired) electrons. The molecule has 9 heteroatoms. The lowest BCUT2D eigenvalue weighted by Crippen LogP contribution is -2.17. The normalized spacial score (nSPS) is 13.0. The van der Waals surface area contributed by atoms with Crippen molar-refractivity contribution in [2.45, 2.75) is 30.9 Å². The second-order valence-electron chi connectivity index (χ2n) is 5.03. The third-order valence-corrected chi connectivity index (χ3v) is 4.38. The number of hydrogen-bond donors (Lipinski definition) is 1. The molecule has 6 nitrogen and oxygen atoms in total. The highest BCUT2D eigenvalue weighted by atomic mass is 35.5. The van der Waals surface area contributed by atoms with Crippen LogP contribution in [0.4, 0.5) is 4.39 Å². The van der Waals surface area contributed by atoms with Crippen LogP contribution in [0.15, 0.2) is 33.9 Å². The molecule has 2 N–H and O–H groups in total. The van der Waals surface area contributed by atoms with Crippen LogP contribution >= 0.6 is 12.4 Å². The van der Waals surface area contributed by atoms with Gasteiger partial charge in [0.2, 0.25) is 15.7 Å². The first kappa shape index (κ1) is 18.5. The van der Waals surface area contributed by atoms with E-state index in [9.17, 15) is 12.8 Å². The first-order valence-electron chi connectivity index (χ1n) is 6.36. The van der Waals surface area contributed by atoms with Gasteiger partial charge in [-0.2, -0.15) is 0 Å². The van der Waals surface area contributed by atoms with Crippen molar-refractivity contribution in [1.29, 1.82) is 0 Å². The second kappa shape index (κ2) is 7.17. The maximum atomic E-state index is 13.5. The van der Waals surface area contributed by atoms with E-state index in [2.05, 4.69) is 10.2 Å². The zero-order chi connectivity index (χ0) is 15.6. The molecule has 0 aliphatic heterocycles. The van der Waals surface area contributed by atoms with Crippen LogP contribution in [0.25, 0.3) is 0 Å². The Balaban J connectivity index is 0.00000242. The molecule has 2 rings (SSSR count). The molecule has 22 heavy (non-hydrogen) atoms. The fraction of sp³-hybridized carbons (Fsp3) is 0.385. The Labute approximate surface area is 134 Å². The molecular weight excluding hydrogens is 333 g/mol. The van der Waals surface area contributed by atoms with Crippen LogP contribution in [0.5, 0.6) is 0 Å². The fourth-order valence-corrected chi connectivity index (χ4v) is 2.79. The van der Waals surface area contributed by atoms with Crippen LogP contribution < -0.4 is 5.73 Å². The van der Waals surface area contributed by atoms with Gasteiger partial charge < -0.3 is 10.2 Å². The lowest BCUT2D eigenvalue weighted by molar-refractivity contribution is 0.341. The van der Waals surface area contributed by atoms with Crippen molar-refractivity contribution in [2.24, 2.45) is 11.7 Å². The van der Waals surface area contributed by atoms with Gasteiger partial charge >= 0.3 is 5.22 Å². The van der Waals surface area contributed by atoms with Crippen molar-refractivity contribution in [1.82, 2.24) is 10.2 Å². The number of nitrogens with zero attached hydrogens (tertiary/aromatic N) is 2. The zero-order valence-electron chi connectivity index (χ0n) is 12.1. The van der Waals surface area contributed by atoms with Crippen LogP contribution in [0, 0.1) is 11.7 Å². The summed E-state index contributed by atoms with van der Waals surface area (Å²) in [5.74, 6) is -1.07. The van der Waals surface area contributed by atoms with Crippen LogP contribution in [0.3, 0.4) is 0 Å². The molecule has 1 aromatic heterocycles. The lowest BCUT2D eigenvalue weighted by atomic mass is 10.1. The Kier molecular flexibility index (Phi) is 6.04. The van der Waals surface area contributed by atoms with Gasteiger partial charge in [0.15, 0.2) is 0 Å². The molecule has 0 aliphatic carbocycles. The SMILES string of the molecule is CC(C)C(N)c1nnc(S(=O)(=O)Cc2ccccc2F)o1.Cl. The molecule has 0 fully saturated rings. The third-order valence-electron chi connectivity index (χ3n) is 2.99. The first-order valence-corrected chi connectivity index (χ1v) is 8.01. The molecule has 1 aromatic carbocycles. The number of aromatic nitrogens is 2. The average Bonchev–Trinajstić information content (AvgIpc) is 2.90. The van der Waals surface area contributed by atoms with Crippen LogP contribution in [-0.2, 0) is 15.6 Å². The maximum absolute atomic E-state index is 13.5. The lowest BCUT2D eigenvalue weighted by Gasteiger charge is -2.09. The minimum absolute atomic E-state index is 0. The summed E-state index contributed by atoms with van der Waals surface area (Å²) in [6.07, 6.45) is 0. The predicted octanol–water partition coefficient (Wildman–Crippen LogP) is 2.26. The van der Waals surface area contributed by atoms with Gasteiger partial charge in [-0.25, -0.2) is 12.8 Å². The van der Waals surface area contributed by atoms with Crippen LogP contribution in [-0.4, -0.2) is 18.6 Å². The van der Waals surface area contributed by atoms with E-state index < -0.39 is 32.7 Å². The predicted molar refractivity (Wildman–Crippen MR) is 80.6 cm³/mol. The van der Waals surface area contributed by atoms with E-state index >= 15 is 0 Å². The van der Waals surface area contributed by atoms with Gasteiger partial charge in [-0.1, -0.05) is 37.1 Å². The maximum Gasteiger partial charge on any atom is 0.335 e. The van der Waals surface area contributed by atoms with Crippen molar-refractivity contribution in [3.63, 3.8) is 0 Å². The number of rotatable bonds is 5. The summed E-state index contributed by atoms with van der Waals surface area (Å²) < 4.78 is 43.0. The minimum atomic E-state index is -3.91. The molecule has 0 bridgehead atoms. The topological polar surface area (TPSA) is 99.1 Å². The molecule has 122 valence electrons. The summed E-state index contributed by atoms with van der Waals surface area (Å²) in [6.45, 7) is 3.70. The van der Waals surface area contributed by atoms with Gasteiger partial charge in [-0.05, 0) is 12.0 Å². The molecule has 0 saturated heterocycles. The average molecular weight is 350 g/mol. The summed E-state index contributed by atoms with van der Waals surface area (Å²) in [5, 5.41) is 6.62. The van der Waals surface area contributed by atoms with Crippen molar-refractivity contribution in [3.05, 3.63) is 41.5 Å². The molecule has 0 spiro atoms. The van der Waals surface area contributed by atoms with E-state index in [0.717, 1.165) is 0 Å². The van der Waals surface area contributed by atoms with Gasteiger partial charge in [0.25, 0.3) is 0 Å². The minimum Gasteiger partial charge on any atom is -0.411 e. The van der Waals surface area contributed by atoms with Gasteiger partial charge in [-0.3, -0.25) is 0 Å². The first-order chi connectivity index (χ1) is 9.81. The van der Waals surface area contributed by atoms with Crippen LogP contribution in [0.2, 0.25) is 0 Å². The molecular formula is C13H17ClFN3O3S. The highest BCUT2D eigenvalue weighted by Gasteiger charge is 2.26. The van der Waals surface area contributed by atoms with Gasteiger partial charge in [0, 0.05) is 5.56 Å². The summed E-state index contributed by atoms with van der Waals surface area (Å²) in [5.41, 5.74) is 5.87. The molecule has 1 heterocycles. The number of nitrogens with two attached hydrogens (primary N) is 1. The number of halogens is 2. The Hall–Kier alpha value is -1.51. The second-order valence-corrected chi connectivity index (χ2v) is 6.89. The molecule has 0 saturated carbocycles. The fourth-order valence-electron chi connectivity index (χ4n) is 1.65. The molecule has 2 aromatic rings. The van der Waals surface area contributed by atoms with Crippen molar-refractivity contribution >= 4 is 22.2 Å². The highest BCUT2D eigenvalue weighted by molar-refractivity contribution is 7.90. The monoisotopic (exact) mass is 349 g/mol.